The molecule has 0 saturated heterocycles. The molecule has 2 aromatic carbocycles. The molecule has 0 radical (unpaired) electrons. The summed E-state index contributed by atoms with van der Waals surface area (Å²) in [6.45, 7) is 2.08. The molecule has 0 aliphatic carbocycles. The maximum atomic E-state index is 5.58. The Labute approximate surface area is 152 Å². The third kappa shape index (κ3) is 2.79. The standard InChI is InChI=1S/C20H20N4O2/c1-13-4-6-14(7-5-13)17-11-18(24-20(23-17)21-12-22-24)16-10-15(25-2)8-9-19(16)26-3/h4-12,18H,1-3H3,(H,21,22,23)/t18-/m0/s1. The zero-order valence-corrected chi connectivity index (χ0v) is 14.9. The number of ether oxygens (including phenoxy) is 2. The van der Waals surface area contributed by atoms with Gasteiger partial charge in [0, 0.05) is 11.3 Å². The van der Waals surface area contributed by atoms with Gasteiger partial charge in [-0.3, -0.25) is 0 Å². The molecule has 4 rings (SSSR count). The summed E-state index contributed by atoms with van der Waals surface area (Å²) in [5.74, 6) is 2.24. The van der Waals surface area contributed by atoms with Crippen molar-refractivity contribution in [2.45, 2.75) is 13.0 Å². The van der Waals surface area contributed by atoms with E-state index in [1.165, 1.54) is 5.56 Å². The van der Waals surface area contributed by atoms with Crippen LogP contribution in [0.2, 0.25) is 0 Å². The van der Waals surface area contributed by atoms with E-state index in [1.807, 2.05) is 22.9 Å². The lowest BCUT2D eigenvalue weighted by molar-refractivity contribution is 0.394. The molecule has 0 amide bonds. The summed E-state index contributed by atoms with van der Waals surface area (Å²) >= 11 is 0. The van der Waals surface area contributed by atoms with Crippen LogP contribution in [-0.2, 0) is 0 Å². The predicted molar refractivity (Wildman–Crippen MR) is 100 cm³/mol. The van der Waals surface area contributed by atoms with Gasteiger partial charge in [-0.1, -0.05) is 29.8 Å². The van der Waals surface area contributed by atoms with Crippen LogP contribution in [0.5, 0.6) is 11.5 Å². The van der Waals surface area contributed by atoms with Crippen LogP contribution in [0, 0.1) is 6.92 Å². The Morgan fingerprint density at radius 1 is 1.04 bits per heavy atom. The fourth-order valence-corrected chi connectivity index (χ4v) is 3.13. The van der Waals surface area contributed by atoms with Gasteiger partial charge in [0.25, 0.3) is 0 Å². The Morgan fingerprint density at radius 2 is 1.85 bits per heavy atom. The van der Waals surface area contributed by atoms with Crippen LogP contribution in [-0.4, -0.2) is 29.0 Å². The zero-order chi connectivity index (χ0) is 18.1. The van der Waals surface area contributed by atoms with E-state index in [-0.39, 0.29) is 6.04 Å². The maximum absolute atomic E-state index is 5.58. The summed E-state index contributed by atoms with van der Waals surface area (Å²) in [5.41, 5.74) is 4.26. The molecule has 6 nitrogen and oxygen atoms in total. The lowest BCUT2D eigenvalue weighted by Gasteiger charge is -2.25. The Morgan fingerprint density at radius 3 is 2.58 bits per heavy atom. The first-order chi connectivity index (χ1) is 12.7. The number of rotatable bonds is 4. The highest BCUT2D eigenvalue weighted by atomic mass is 16.5. The molecule has 0 fully saturated rings. The lowest BCUT2D eigenvalue weighted by Crippen LogP contribution is -2.20. The molecule has 0 unspecified atom stereocenters. The average Bonchev–Trinajstić information content (AvgIpc) is 3.16. The Balaban J connectivity index is 1.85. The van der Waals surface area contributed by atoms with Crippen LogP contribution in [0.3, 0.4) is 0 Å². The van der Waals surface area contributed by atoms with Gasteiger partial charge in [-0.15, -0.1) is 0 Å². The van der Waals surface area contributed by atoms with E-state index in [2.05, 4.69) is 52.7 Å². The van der Waals surface area contributed by atoms with Gasteiger partial charge in [0.15, 0.2) is 0 Å². The molecule has 132 valence electrons. The van der Waals surface area contributed by atoms with E-state index in [0.29, 0.717) is 5.95 Å². The fraction of sp³-hybridized carbons (Fsp3) is 0.200. The number of nitrogens with one attached hydrogen (secondary N) is 1. The topological polar surface area (TPSA) is 61.2 Å². The van der Waals surface area contributed by atoms with Crippen molar-refractivity contribution in [2.24, 2.45) is 0 Å². The van der Waals surface area contributed by atoms with E-state index in [9.17, 15) is 0 Å². The molecule has 0 saturated carbocycles. The molecule has 1 aromatic heterocycles. The van der Waals surface area contributed by atoms with Crippen LogP contribution in [0.15, 0.2) is 54.9 Å². The van der Waals surface area contributed by atoms with E-state index in [1.54, 1.807) is 20.5 Å². The number of hydrogen-bond donors (Lipinski definition) is 1. The molecule has 1 aliphatic rings. The number of nitrogens with zero attached hydrogens (tertiary/aromatic N) is 3. The number of methoxy groups -OCH3 is 2. The molecule has 0 bridgehead atoms. The minimum Gasteiger partial charge on any atom is -0.497 e. The molecule has 3 aromatic rings. The van der Waals surface area contributed by atoms with Gasteiger partial charge in [-0.25, -0.2) is 4.68 Å². The molecule has 0 spiro atoms. The van der Waals surface area contributed by atoms with Crippen LogP contribution in [0.4, 0.5) is 5.95 Å². The Bertz CT molecular complexity index is 960. The van der Waals surface area contributed by atoms with Crippen molar-refractivity contribution in [3.63, 3.8) is 0 Å². The van der Waals surface area contributed by atoms with Crippen molar-refractivity contribution in [2.75, 3.05) is 19.5 Å². The first-order valence-corrected chi connectivity index (χ1v) is 8.37. The summed E-state index contributed by atoms with van der Waals surface area (Å²) < 4.78 is 12.8. The summed E-state index contributed by atoms with van der Waals surface area (Å²) in [6, 6.07) is 14.0. The highest BCUT2D eigenvalue weighted by Gasteiger charge is 2.26. The van der Waals surface area contributed by atoms with Gasteiger partial charge in [0.1, 0.15) is 23.9 Å². The van der Waals surface area contributed by atoms with Gasteiger partial charge in [-0.05, 0) is 36.8 Å². The molecule has 1 atom stereocenters. The first kappa shape index (κ1) is 16.2. The maximum Gasteiger partial charge on any atom is 0.226 e. The van der Waals surface area contributed by atoms with Crippen molar-refractivity contribution >= 4 is 11.6 Å². The van der Waals surface area contributed by atoms with E-state index >= 15 is 0 Å². The number of anilines is 1. The smallest absolute Gasteiger partial charge is 0.226 e. The first-order valence-electron chi connectivity index (χ1n) is 8.37. The summed E-state index contributed by atoms with van der Waals surface area (Å²) in [5, 5.41) is 7.75. The molecular formula is C20H20N4O2. The third-order valence-corrected chi connectivity index (χ3v) is 4.53. The Kier molecular flexibility index (Phi) is 4.08. The number of fused-ring (bicyclic) bond motifs is 1. The van der Waals surface area contributed by atoms with Gasteiger partial charge in [0.05, 0.1) is 14.2 Å². The monoisotopic (exact) mass is 348 g/mol. The average molecular weight is 348 g/mol. The minimum atomic E-state index is -0.157. The van der Waals surface area contributed by atoms with E-state index in [0.717, 1.165) is 28.3 Å². The number of hydrogen-bond acceptors (Lipinski definition) is 5. The number of benzene rings is 2. The molecule has 6 heteroatoms. The van der Waals surface area contributed by atoms with Crippen molar-refractivity contribution in [3.05, 3.63) is 71.6 Å². The molecule has 1 N–H and O–H groups in total. The van der Waals surface area contributed by atoms with Gasteiger partial charge in [0.2, 0.25) is 5.95 Å². The lowest BCUT2D eigenvalue weighted by atomic mass is 10.00. The fourth-order valence-electron chi connectivity index (χ4n) is 3.13. The molecule has 26 heavy (non-hydrogen) atoms. The van der Waals surface area contributed by atoms with Crippen molar-refractivity contribution in [3.8, 4) is 11.5 Å². The summed E-state index contributed by atoms with van der Waals surface area (Å²) in [4.78, 5) is 4.35. The van der Waals surface area contributed by atoms with Crippen molar-refractivity contribution < 1.29 is 9.47 Å². The van der Waals surface area contributed by atoms with Gasteiger partial charge in [-0.2, -0.15) is 10.1 Å². The predicted octanol–water partition coefficient (Wildman–Crippen LogP) is 3.66. The molecule has 2 heterocycles. The van der Waals surface area contributed by atoms with E-state index < -0.39 is 0 Å². The highest BCUT2D eigenvalue weighted by molar-refractivity contribution is 5.77. The van der Waals surface area contributed by atoms with Crippen molar-refractivity contribution in [1.82, 2.24) is 14.8 Å². The largest absolute Gasteiger partial charge is 0.497 e. The summed E-state index contributed by atoms with van der Waals surface area (Å²) in [6.07, 6.45) is 3.68. The Hall–Kier alpha value is -3.28. The number of aromatic nitrogens is 3. The third-order valence-electron chi connectivity index (χ3n) is 4.53. The van der Waals surface area contributed by atoms with Crippen molar-refractivity contribution in [1.29, 1.82) is 0 Å². The molecular weight excluding hydrogens is 328 g/mol. The molecule has 1 aliphatic heterocycles. The normalized spacial score (nSPS) is 15.7. The minimum absolute atomic E-state index is 0.157. The zero-order valence-electron chi connectivity index (χ0n) is 14.9. The second-order valence-corrected chi connectivity index (χ2v) is 6.15. The van der Waals surface area contributed by atoms with Crippen LogP contribution < -0.4 is 14.8 Å². The van der Waals surface area contributed by atoms with E-state index in [4.69, 9.17) is 9.47 Å². The highest BCUT2D eigenvalue weighted by Crippen LogP contribution is 2.37. The second-order valence-electron chi connectivity index (χ2n) is 6.15. The quantitative estimate of drug-likeness (QED) is 0.780. The van der Waals surface area contributed by atoms with Gasteiger partial charge < -0.3 is 14.8 Å². The van der Waals surface area contributed by atoms with Crippen LogP contribution >= 0.6 is 0 Å². The number of allylic oxidation sites excluding steroid dienone is 1. The van der Waals surface area contributed by atoms with Crippen LogP contribution in [0.1, 0.15) is 22.7 Å². The second kappa shape index (κ2) is 6.55. The number of aryl methyl sites for hydroxylation is 1. The van der Waals surface area contributed by atoms with Crippen LogP contribution in [0.25, 0.3) is 5.70 Å². The van der Waals surface area contributed by atoms with Gasteiger partial charge >= 0.3 is 0 Å². The summed E-state index contributed by atoms with van der Waals surface area (Å²) in [7, 11) is 3.32. The SMILES string of the molecule is COc1ccc(OC)c([C@@H]2C=C(c3ccc(C)cc3)Nc3ncnn32)c1.